The zero-order valence-corrected chi connectivity index (χ0v) is 9.92. The summed E-state index contributed by atoms with van der Waals surface area (Å²) in [5.74, 6) is 4.42. The predicted octanol–water partition coefficient (Wildman–Crippen LogP) is 2.31. The van der Waals surface area contributed by atoms with Gasteiger partial charge < -0.3 is 10.4 Å². The number of anilines is 1. The number of hydrogen-bond donors (Lipinski definition) is 2. The molecule has 0 atom stereocenters. The van der Waals surface area contributed by atoms with Gasteiger partial charge in [0.2, 0.25) is 5.91 Å². The molecule has 2 N–H and O–H groups in total. The van der Waals surface area contributed by atoms with Crippen LogP contribution >= 0.6 is 0 Å². The molecular formula is C13H12F3NO2. The summed E-state index contributed by atoms with van der Waals surface area (Å²) in [6.45, 7) is -0.254. The summed E-state index contributed by atoms with van der Waals surface area (Å²) in [5.41, 5.74) is 1.05. The third-order valence-electron chi connectivity index (χ3n) is 2.12. The van der Waals surface area contributed by atoms with Crippen molar-refractivity contribution in [3.05, 3.63) is 29.8 Å². The number of carbonyl (C=O) groups excluding carboxylic acids is 1. The van der Waals surface area contributed by atoms with E-state index in [4.69, 9.17) is 5.11 Å². The number of alkyl halides is 3. The van der Waals surface area contributed by atoms with Crippen molar-refractivity contribution in [2.45, 2.75) is 19.0 Å². The molecular weight excluding hydrogens is 259 g/mol. The highest BCUT2D eigenvalue weighted by molar-refractivity contribution is 5.90. The largest absolute Gasteiger partial charge is 0.389 e. The normalized spacial score (nSPS) is 10.5. The summed E-state index contributed by atoms with van der Waals surface area (Å²) in [6.07, 6.45) is -6.07. The Hall–Kier alpha value is -2.00. The van der Waals surface area contributed by atoms with Crippen LogP contribution < -0.4 is 5.32 Å². The van der Waals surface area contributed by atoms with Crippen molar-refractivity contribution in [3.8, 4) is 11.8 Å². The first kappa shape index (κ1) is 15.1. The summed E-state index contributed by atoms with van der Waals surface area (Å²) < 4.78 is 35.7. The van der Waals surface area contributed by atoms with Crippen molar-refractivity contribution in [2.24, 2.45) is 0 Å². The summed E-state index contributed by atoms with van der Waals surface area (Å²) in [7, 11) is 0. The Kier molecular flexibility index (Phi) is 5.39. The topological polar surface area (TPSA) is 49.3 Å². The monoisotopic (exact) mass is 271 g/mol. The highest BCUT2D eigenvalue weighted by atomic mass is 19.4. The van der Waals surface area contributed by atoms with Crippen LogP contribution in [0.15, 0.2) is 24.3 Å². The molecule has 0 bridgehead atoms. The van der Waals surface area contributed by atoms with Crippen molar-refractivity contribution >= 4 is 11.6 Å². The van der Waals surface area contributed by atoms with Crippen LogP contribution in [0, 0.1) is 11.8 Å². The molecule has 1 rings (SSSR count). The van der Waals surface area contributed by atoms with Gasteiger partial charge >= 0.3 is 6.18 Å². The highest BCUT2D eigenvalue weighted by Gasteiger charge is 2.27. The first-order valence-corrected chi connectivity index (χ1v) is 5.47. The molecule has 1 aromatic carbocycles. The van der Waals surface area contributed by atoms with Crippen LogP contribution in [-0.2, 0) is 4.79 Å². The van der Waals surface area contributed by atoms with Gasteiger partial charge in [0.1, 0.15) is 6.61 Å². The van der Waals surface area contributed by atoms with E-state index in [9.17, 15) is 18.0 Å². The van der Waals surface area contributed by atoms with E-state index < -0.39 is 24.9 Å². The van der Waals surface area contributed by atoms with Crippen LogP contribution in [0.5, 0.6) is 0 Å². The number of benzene rings is 1. The molecule has 102 valence electrons. The lowest BCUT2D eigenvalue weighted by Crippen LogP contribution is -2.16. The molecule has 0 aliphatic heterocycles. The molecule has 19 heavy (non-hydrogen) atoms. The van der Waals surface area contributed by atoms with Crippen molar-refractivity contribution in [1.29, 1.82) is 0 Å². The van der Waals surface area contributed by atoms with Gasteiger partial charge in [-0.1, -0.05) is 11.8 Å². The number of hydrogen-bond acceptors (Lipinski definition) is 2. The molecule has 1 amide bonds. The number of aliphatic hydroxyl groups excluding tert-OH is 1. The molecule has 0 saturated heterocycles. The maximum absolute atomic E-state index is 11.9. The Morgan fingerprint density at radius 2 is 1.89 bits per heavy atom. The second-order valence-electron chi connectivity index (χ2n) is 3.70. The van der Waals surface area contributed by atoms with E-state index in [1.807, 2.05) is 0 Å². The van der Waals surface area contributed by atoms with Crippen molar-refractivity contribution in [1.82, 2.24) is 0 Å². The summed E-state index contributed by atoms with van der Waals surface area (Å²) in [6, 6.07) is 6.27. The Bertz CT molecular complexity index is 483. The van der Waals surface area contributed by atoms with E-state index in [-0.39, 0.29) is 6.61 Å². The van der Waals surface area contributed by atoms with Crippen molar-refractivity contribution < 1.29 is 23.1 Å². The molecule has 0 heterocycles. The average molecular weight is 271 g/mol. The van der Waals surface area contributed by atoms with Crippen LogP contribution in [0.3, 0.4) is 0 Å². The molecule has 0 aromatic heterocycles. The number of nitrogens with one attached hydrogen (secondary N) is 1. The molecule has 0 saturated carbocycles. The molecule has 1 aromatic rings. The highest BCUT2D eigenvalue weighted by Crippen LogP contribution is 2.21. The maximum Gasteiger partial charge on any atom is 0.389 e. The van der Waals surface area contributed by atoms with E-state index >= 15 is 0 Å². The van der Waals surface area contributed by atoms with Crippen molar-refractivity contribution in [3.63, 3.8) is 0 Å². The fourth-order valence-electron chi connectivity index (χ4n) is 1.26. The number of aliphatic hydroxyl groups is 1. The molecule has 0 fully saturated rings. The van der Waals surface area contributed by atoms with Gasteiger partial charge in [0.25, 0.3) is 0 Å². The van der Waals surface area contributed by atoms with Crippen LogP contribution in [0.4, 0.5) is 18.9 Å². The first-order valence-electron chi connectivity index (χ1n) is 5.47. The zero-order chi connectivity index (χ0) is 14.3. The molecule has 3 nitrogen and oxygen atoms in total. The van der Waals surface area contributed by atoms with Crippen LogP contribution in [-0.4, -0.2) is 23.8 Å². The molecule has 0 unspecified atom stereocenters. The lowest BCUT2D eigenvalue weighted by molar-refractivity contribution is -0.142. The fourth-order valence-corrected chi connectivity index (χ4v) is 1.26. The number of rotatable bonds is 3. The van der Waals surface area contributed by atoms with E-state index in [0.29, 0.717) is 11.3 Å². The fraction of sp³-hybridized carbons (Fsp3) is 0.308. The second-order valence-corrected chi connectivity index (χ2v) is 3.70. The minimum absolute atomic E-state index is 0.254. The Morgan fingerprint density at radius 1 is 1.26 bits per heavy atom. The maximum atomic E-state index is 11.9. The average Bonchev–Trinajstić information content (AvgIpc) is 2.35. The standard InChI is InChI=1S/C13H12F3NO2/c14-13(15,16)8-7-12(19)17-11-5-3-10(4-6-11)2-1-9-18/h3-6,18H,7-9H2,(H,17,19). The molecule has 0 radical (unpaired) electrons. The van der Waals surface area contributed by atoms with Gasteiger partial charge in [-0.05, 0) is 24.3 Å². The number of amides is 1. The molecule has 0 aliphatic rings. The van der Waals surface area contributed by atoms with E-state index in [1.165, 1.54) is 12.1 Å². The molecule has 0 aliphatic carbocycles. The SMILES string of the molecule is O=C(CCC(F)(F)F)Nc1ccc(C#CCO)cc1. The summed E-state index contributed by atoms with van der Waals surface area (Å²) in [4.78, 5) is 11.2. The smallest absolute Gasteiger partial charge is 0.384 e. The zero-order valence-electron chi connectivity index (χ0n) is 9.92. The Morgan fingerprint density at radius 3 is 2.42 bits per heavy atom. The lowest BCUT2D eigenvalue weighted by Gasteiger charge is -2.07. The van der Waals surface area contributed by atoms with Gasteiger partial charge in [-0.15, -0.1) is 0 Å². The Balaban J connectivity index is 2.51. The molecule has 0 spiro atoms. The van der Waals surface area contributed by atoms with Crippen LogP contribution in [0.2, 0.25) is 0 Å². The van der Waals surface area contributed by atoms with Crippen molar-refractivity contribution in [2.75, 3.05) is 11.9 Å². The summed E-state index contributed by atoms with van der Waals surface area (Å²) >= 11 is 0. The lowest BCUT2D eigenvalue weighted by atomic mass is 10.2. The third-order valence-corrected chi connectivity index (χ3v) is 2.12. The van der Waals surface area contributed by atoms with Gasteiger partial charge in [-0.3, -0.25) is 4.79 Å². The van der Waals surface area contributed by atoms with E-state index in [1.54, 1.807) is 12.1 Å². The first-order chi connectivity index (χ1) is 8.90. The number of carbonyl (C=O) groups is 1. The van der Waals surface area contributed by atoms with Crippen LogP contribution in [0.25, 0.3) is 0 Å². The van der Waals surface area contributed by atoms with Crippen LogP contribution in [0.1, 0.15) is 18.4 Å². The quantitative estimate of drug-likeness (QED) is 0.829. The second kappa shape index (κ2) is 6.81. The number of halogens is 3. The van der Waals surface area contributed by atoms with Gasteiger partial charge in [0.15, 0.2) is 0 Å². The van der Waals surface area contributed by atoms with Gasteiger partial charge in [0.05, 0.1) is 6.42 Å². The van der Waals surface area contributed by atoms with Gasteiger partial charge in [0, 0.05) is 17.7 Å². The van der Waals surface area contributed by atoms with E-state index in [2.05, 4.69) is 17.2 Å². The predicted molar refractivity (Wildman–Crippen MR) is 64.3 cm³/mol. The Labute approximate surface area is 108 Å². The summed E-state index contributed by atoms with van der Waals surface area (Å²) in [5, 5.41) is 10.9. The minimum Gasteiger partial charge on any atom is -0.384 e. The molecule has 6 heteroatoms. The van der Waals surface area contributed by atoms with E-state index in [0.717, 1.165) is 0 Å². The third kappa shape index (κ3) is 6.48. The van der Waals surface area contributed by atoms with Gasteiger partial charge in [-0.25, -0.2) is 0 Å². The minimum atomic E-state index is -4.33. The van der Waals surface area contributed by atoms with Gasteiger partial charge in [-0.2, -0.15) is 13.2 Å².